The summed E-state index contributed by atoms with van der Waals surface area (Å²) < 4.78 is 5.14. The highest BCUT2D eigenvalue weighted by Crippen LogP contribution is 2.68. The SMILES string of the molecule is C[C@]12CC[C@H](O)C[C@@H]1CC[C@H]1[C@H]2[C@@H](O)C[C@@]2(C)[C@@H]1[C@@H](O)C[C@H]2c1ccc(=O)oc1. The maximum absolute atomic E-state index is 11.5. The Morgan fingerprint density at radius 2 is 1.72 bits per heavy atom. The molecule has 5 nitrogen and oxygen atoms in total. The van der Waals surface area contributed by atoms with Gasteiger partial charge in [-0.1, -0.05) is 13.8 Å². The van der Waals surface area contributed by atoms with E-state index in [2.05, 4.69) is 13.8 Å². The van der Waals surface area contributed by atoms with Gasteiger partial charge < -0.3 is 19.7 Å². The number of rotatable bonds is 1. The third-order valence-electron chi connectivity index (χ3n) is 9.68. The van der Waals surface area contributed by atoms with Crippen molar-refractivity contribution in [1.29, 1.82) is 0 Å². The Hall–Kier alpha value is -1.17. The van der Waals surface area contributed by atoms with E-state index in [0.717, 1.165) is 37.7 Å². The molecule has 5 rings (SSSR count). The van der Waals surface area contributed by atoms with E-state index in [0.29, 0.717) is 24.7 Å². The van der Waals surface area contributed by atoms with Gasteiger partial charge in [-0.15, -0.1) is 0 Å². The third-order valence-corrected chi connectivity index (χ3v) is 9.68. The molecule has 0 aromatic carbocycles. The lowest BCUT2D eigenvalue weighted by atomic mass is 9.43. The molecule has 0 unspecified atom stereocenters. The van der Waals surface area contributed by atoms with Crippen LogP contribution in [0.5, 0.6) is 0 Å². The zero-order chi connectivity index (χ0) is 20.6. The Morgan fingerprint density at radius 1 is 0.966 bits per heavy atom. The van der Waals surface area contributed by atoms with Crippen molar-refractivity contribution in [2.75, 3.05) is 0 Å². The topological polar surface area (TPSA) is 90.9 Å². The van der Waals surface area contributed by atoms with Crippen molar-refractivity contribution < 1.29 is 19.7 Å². The number of fused-ring (bicyclic) bond motifs is 5. The fourth-order valence-electron chi connectivity index (χ4n) is 8.52. The maximum Gasteiger partial charge on any atom is 0.335 e. The molecule has 1 aromatic rings. The molecular weight excluding hydrogens is 368 g/mol. The maximum atomic E-state index is 11.5. The lowest BCUT2D eigenvalue weighted by molar-refractivity contribution is -0.184. The molecule has 0 bridgehead atoms. The fraction of sp³-hybridized carbons (Fsp3) is 0.792. The van der Waals surface area contributed by atoms with Gasteiger partial charge in [-0.3, -0.25) is 0 Å². The third kappa shape index (κ3) is 2.80. The van der Waals surface area contributed by atoms with Gasteiger partial charge in [-0.25, -0.2) is 4.79 Å². The Labute approximate surface area is 172 Å². The summed E-state index contributed by atoms with van der Waals surface area (Å²) in [5.41, 5.74) is 0.431. The molecule has 4 fully saturated rings. The van der Waals surface area contributed by atoms with Crippen LogP contribution < -0.4 is 5.63 Å². The number of aliphatic hydroxyl groups is 3. The minimum atomic E-state index is -0.397. The summed E-state index contributed by atoms with van der Waals surface area (Å²) in [5, 5.41) is 32.9. The predicted octanol–water partition coefficient (Wildman–Crippen LogP) is 3.07. The van der Waals surface area contributed by atoms with Crippen molar-refractivity contribution >= 4 is 0 Å². The van der Waals surface area contributed by atoms with Crippen LogP contribution in [0.4, 0.5) is 0 Å². The van der Waals surface area contributed by atoms with Gasteiger partial charge in [0.15, 0.2) is 0 Å². The number of aliphatic hydroxyl groups excluding tert-OH is 3. The van der Waals surface area contributed by atoms with E-state index < -0.39 is 12.2 Å². The van der Waals surface area contributed by atoms with E-state index in [1.165, 1.54) is 6.07 Å². The van der Waals surface area contributed by atoms with E-state index in [1.54, 1.807) is 6.26 Å². The molecule has 0 amide bonds. The molecule has 160 valence electrons. The average Bonchev–Trinajstić information content (AvgIpc) is 2.93. The normalized spacial score (nSPS) is 51.8. The number of hydrogen-bond donors (Lipinski definition) is 3. The van der Waals surface area contributed by atoms with Crippen LogP contribution in [0.1, 0.15) is 70.3 Å². The first-order valence-electron chi connectivity index (χ1n) is 11.4. The molecule has 0 radical (unpaired) electrons. The van der Waals surface area contributed by atoms with Gasteiger partial charge in [0.05, 0.1) is 24.6 Å². The second-order valence-corrected chi connectivity index (χ2v) is 10.9. The van der Waals surface area contributed by atoms with Crippen molar-refractivity contribution in [3.8, 4) is 0 Å². The fourth-order valence-corrected chi connectivity index (χ4v) is 8.52. The quantitative estimate of drug-likeness (QED) is 0.672. The molecule has 0 spiro atoms. The molecule has 29 heavy (non-hydrogen) atoms. The molecule has 4 aliphatic carbocycles. The highest BCUT2D eigenvalue weighted by atomic mass is 16.4. The first-order chi connectivity index (χ1) is 13.7. The van der Waals surface area contributed by atoms with Crippen molar-refractivity contribution in [1.82, 2.24) is 0 Å². The van der Waals surface area contributed by atoms with Crippen molar-refractivity contribution in [3.05, 3.63) is 34.4 Å². The summed E-state index contributed by atoms with van der Waals surface area (Å²) in [6.07, 6.45) is 6.60. The van der Waals surface area contributed by atoms with Crippen LogP contribution in [0, 0.1) is 34.5 Å². The van der Waals surface area contributed by atoms with Crippen LogP contribution in [0.2, 0.25) is 0 Å². The molecule has 1 heterocycles. The Bertz CT molecular complexity index is 814. The summed E-state index contributed by atoms with van der Waals surface area (Å²) in [5.74, 6) is 1.19. The minimum Gasteiger partial charge on any atom is -0.431 e. The first kappa shape index (κ1) is 19.8. The highest BCUT2D eigenvalue weighted by Gasteiger charge is 2.65. The molecule has 3 N–H and O–H groups in total. The van der Waals surface area contributed by atoms with Gasteiger partial charge in [-0.2, -0.15) is 0 Å². The van der Waals surface area contributed by atoms with Gasteiger partial charge >= 0.3 is 5.63 Å². The summed E-state index contributed by atoms with van der Waals surface area (Å²) in [4.78, 5) is 11.4. The lowest BCUT2D eigenvalue weighted by Gasteiger charge is -2.62. The largest absolute Gasteiger partial charge is 0.431 e. The van der Waals surface area contributed by atoms with E-state index >= 15 is 0 Å². The smallest absolute Gasteiger partial charge is 0.335 e. The standard InChI is InChI=1S/C24H34O5/c1-23-8-7-15(25)9-14(23)4-5-16-21-18(26)10-17(13-3-6-20(28)29-12-13)24(21,2)11-19(27)22(16)23/h3,6,12,14-19,21-22,25-27H,4-5,7-11H2,1-2H3/t14-,15-,16+,17-,18-,19-,21-,22-,23-,24+/m0/s1. The van der Waals surface area contributed by atoms with Crippen LogP contribution in [0.3, 0.4) is 0 Å². The average molecular weight is 403 g/mol. The summed E-state index contributed by atoms with van der Waals surface area (Å²) >= 11 is 0. The molecule has 0 aliphatic heterocycles. The van der Waals surface area contributed by atoms with Crippen LogP contribution in [0.25, 0.3) is 0 Å². The van der Waals surface area contributed by atoms with Gasteiger partial charge in [0.1, 0.15) is 0 Å². The molecule has 0 saturated heterocycles. The zero-order valence-electron chi connectivity index (χ0n) is 17.5. The highest BCUT2D eigenvalue weighted by molar-refractivity contribution is 5.25. The Balaban J connectivity index is 1.51. The molecular formula is C24H34O5. The van der Waals surface area contributed by atoms with Gasteiger partial charge in [0.25, 0.3) is 0 Å². The Kier molecular flexibility index (Phi) is 4.54. The van der Waals surface area contributed by atoms with E-state index in [1.807, 2.05) is 6.07 Å². The van der Waals surface area contributed by atoms with Crippen molar-refractivity contribution in [3.63, 3.8) is 0 Å². The summed E-state index contributed by atoms with van der Waals surface area (Å²) in [6.45, 7) is 4.55. The van der Waals surface area contributed by atoms with Crippen LogP contribution in [-0.2, 0) is 0 Å². The van der Waals surface area contributed by atoms with Gasteiger partial charge in [0, 0.05) is 6.07 Å². The van der Waals surface area contributed by atoms with E-state index in [9.17, 15) is 20.1 Å². The van der Waals surface area contributed by atoms with Crippen molar-refractivity contribution in [2.24, 2.45) is 34.5 Å². The predicted molar refractivity (Wildman–Crippen MR) is 108 cm³/mol. The molecule has 1 aromatic heterocycles. The summed E-state index contributed by atoms with van der Waals surface area (Å²) in [7, 11) is 0. The Morgan fingerprint density at radius 3 is 2.45 bits per heavy atom. The van der Waals surface area contributed by atoms with E-state index in [-0.39, 0.29) is 40.3 Å². The first-order valence-corrected chi connectivity index (χ1v) is 11.4. The van der Waals surface area contributed by atoms with Gasteiger partial charge in [-0.05, 0) is 97.0 Å². The second-order valence-electron chi connectivity index (χ2n) is 10.9. The second kappa shape index (κ2) is 6.66. The number of hydrogen-bond acceptors (Lipinski definition) is 5. The molecule has 4 aliphatic rings. The van der Waals surface area contributed by atoms with Gasteiger partial charge in [0.2, 0.25) is 0 Å². The lowest BCUT2D eigenvalue weighted by Crippen LogP contribution is -2.60. The minimum absolute atomic E-state index is 0.0419. The molecule has 5 heteroatoms. The molecule has 10 atom stereocenters. The van der Waals surface area contributed by atoms with Crippen LogP contribution in [-0.4, -0.2) is 33.6 Å². The van der Waals surface area contributed by atoms with E-state index in [4.69, 9.17) is 4.42 Å². The van der Waals surface area contributed by atoms with Crippen LogP contribution in [0.15, 0.2) is 27.6 Å². The summed E-state index contributed by atoms with van der Waals surface area (Å²) in [6, 6.07) is 3.29. The zero-order valence-corrected chi connectivity index (χ0v) is 17.5. The van der Waals surface area contributed by atoms with Crippen molar-refractivity contribution in [2.45, 2.75) is 83.0 Å². The van der Waals surface area contributed by atoms with Crippen LogP contribution >= 0.6 is 0 Å². The molecule has 4 saturated carbocycles. The monoisotopic (exact) mass is 402 g/mol.